The molecular weight excluding hydrogens is 394 g/mol. The van der Waals surface area contributed by atoms with E-state index in [0.29, 0.717) is 17.0 Å². The largest absolute Gasteiger partial charge is 0.369 e. The Kier molecular flexibility index (Phi) is 4.76. The third-order valence-electron chi connectivity index (χ3n) is 4.17. The molecule has 0 radical (unpaired) electrons. The maximum Gasteiger partial charge on any atom is 0.323 e. The summed E-state index contributed by atoms with van der Waals surface area (Å²) in [6.07, 6.45) is 2.86. The van der Waals surface area contributed by atoms with Gasteiger partial charge in [0.05, 0.1) is 23.8 Å². The van der Waals surface area contributed by atoms with Gasteiger partial charge >= 0.3 is 6.03 Å². The van der Waals surface area contributed by atoms with Crippen molar-refractivity contribution in [3.05, 3.63) is 60.4 Å². The molecule has 0 saturated carbocycles. The van der Waals surface area contributed by atoms with Crippen LogP contribution in [0.2, 0.25) is 0 Å². The van der Waals surface area contributed by atoms with Crippen LogP contribution in [0.15, 0.2) is 48.8 Å². The van der Waals surface area contributed by atoms with Gasteiger partial charge in [-0.25, -0.2) is 23.5 Å². The van der Waals surface area contributed by atoms with E-state index in [1.807, 2.05) is 0 Å². The van der Waals surface area contributed by atoms with E-state index in [1.54, 1.807) is 6.07 Å². The summed E-state index contributed by atoms with van der Waals surface area (Å²) in [5.41, 5.74) is 13.0. The Bertz CT molecular complexity index is 1230. The number of carbonyl (C=O) groups is 1. The van der Waals surface area contributed by atoms with Crippen LogP contribution in [0.4, 0.5) is 36.8 Å². The number of imidazole rings is 2. The van der Waals surface area contributed by atoms with E-state index in [4.69, 9.17) is 11.5 Å². The number of amides is 2. The van der Waals surface area contributed by atoms with Crippen molar-refractivity contribution in [1.29, 1.82) is 0 Å². The van der Waals surface area contributed by atoms with Gasteiger partial charge in [0, 0.05) is 22.5 Å². The van der Waals surface area contributed by atoms with Gasteiger partial charge in [-0.1, -0.05) is 0 Å². The molecule has 0 atom stereocenters. The third-order valence-corrected chi connectivity index (χ3v) is 4.17. The SMILES string of the molecule is Nc1ncc(-c2cc(F)cc(NC(=O)Nc3ccc(-c4cnc(N)[nH]4)c(F)c3)c2)[nH]1. The molecule has 2 heterocycles. The molecular formula is C19H16F2N8O. The summed E-state index contributed by atoms with van der Waals surface area (Å²) in [6, 6.07) is 7.42. The highest BCUT2D eigenvalue weighted by molar-refractivity contribution is 6.00. The van der Waals surface area contributed by atoms with Crippen molar-refractivity contribution in [3.8, 4) is 22.5 Å². The van der Waals surface area contributed by atoms with Gasteiger partial charge in [0.1, 0.15) is 11.6 Å². The van der Waals surface area contributed by atoms with Crippen LogP contribution in [0.1, 0.15) is 0 Å². The number of carbonyl (C=O) groups excluding carboxylic acids is 1. The van der Waals surface area contributed by atoms with Crippen LogP contribution < -0.4 is 22.1 Å². The number of hydrogen-bond donors (Lipinski definition) is 6. The smallest absolute Gasteiger partial charge is 0.323 e. The number of halogens is 2. The molecule has 4 aromatic rings. The average molecular weight is 410 g/mol. The Morgan fingerprint density at radius 3 is 2.17 bits per heavy atom. The van der Waals surface area contributed by atoms with E-state index in [9.17, 15) is 13.6 Å². The fourth-order valence-corrected chi connectivity index (χ4v) is 2.88. The normalized spacial score (nSPS) is 10.7. The van der Waals surface area contributed by atoms with Crippen LogP contribution in [-0.2, 0) is 0 Å². The molecule has 11 heteroatoms. The number of nitrogens with zero attached hydrogens (tertiary/aromatic N) is 2. The zero-order valence-corrected chi connectivity index (χ0v) is 15.3. The van der Waals surface area contributed by atoms with Crippen molar-refractivity contribution in [3.63, 3.8) is 0 Å². The lowest BCUT2D eigenvalue weighted by Crippen LogP contribution is -2.19. The first-order valence-corrected chi connectivity index (χ1v) is 8.67. The minimum Gasteiger partial charge on any atom is -0.369 e. The number of aromatic nitrogens is 4. The fourth-order valence-electron chi connectivity index (χ4n) is 2.88. The molecule has 152 valence electrons. The van der Waals surface area contributed by atoms with Crippen molar-refractivity contribution in [2.24, 2.45) is 0 Å². The van der Waals surface area contributed by atoms with Gasteiger partial charge in [-0.2, -0.15) is 0 Å². The molecule has 0 aliphatic heterocycles. The summed E-state index contributed by atoms with van der Waals surface area (Å²) in [7, 11) is 0. The molecule has 0 aliphatic carbocycles. The van der Waals surface area contributed by atoms with Gasteiger partial charge in [-0.05, 0) is 36.4 Å². The second-order valence-corrected chi connectivity index (χ2v) is 6.37. The average Bonchev–Trinajstić information content (AvgIpc) is 3.29. The maximum atomic E-state index is 14.4. The first-order valence-electron chi connectivity index (χ1n) is 8.67. The highest BCUT2D eigenvalue weighted by Crippen LogP contribution is 2.26. The number of anilines is 4. The Morgan fingerprint density at radius 1 is 0.867 bits per heavy atom. The molecule has 30 heavy (non-hydrogen) atoms. The summed E-state index contributed by atoms with van der Waals surface area (Å²) in [4.78, 5) is 25.5. The monoisotopic (exact) mass is 410 g/mol. The van der Waals surface area contributed by atoms with Crippen LogP contribution in [0, 0.1) is 11.6 Å². The molecule has 0 unspecified atom stereocenters. The molecule has 0 aliphatic rings. The second-order valence-electron chi connectivity index (χ2n) is 6.37. The van der Waals surface area contributed by atoms with E-state index < -0.39 is 17.7 Å². The fraction of sp³-hybridized carbons (Fsp3) is 0. The third kappa shape index (κ3) is 4.04. The topological polar surface area (TPSA) is 151 Å². The van der Waals surface area contributed by atoms with Crippen LogP contribution in [0.25, 0.3) is 22.5 Å². The number of aromatic amines is 2. The molecule has 2 aromatic heterocycles. The van der Waals surface area contributed by atoms with E-state index >= 15 is 0 Å². The lowest BCUT2D eigenvalue weighted by molar-refractivity contribution is 0.262. The summed E-state index contributed by atoms with van der Waals surface area (Å²) in [5, 5.41) is 5.00. The maximum absolute atomic E-state index is 14.4. The number of rotatable bonds is 4. The van der Waals surface area contributed by atoms with Crippen LogP contribution in [0.5, 0.6) is 0 Å². The van der Waals surface area contributed by atoms with Crippen molar-refractivity contribution in [1.82, 2.24) is 19.9 Å². The standard InChI is InChI=1S/C19H16F2N8O/c20-10-3-9(15-7-24-17(22)28-15)4-12(5-10)27-19(30)26-11-1-2-13(14(21)6-11)16-8-25-18(23)29-16/h1-8H,(H3,22,24,28)(H3,23,25,29)(H2,26,27,30). The quantitative estimate of drug-likeness (QED) is 0.304. The molecule has 0 spiro atoms. The predicted octanol–water partition coefficient (Wildman–Crippen LogP) is 3.55. The van der Waals surface area contributed by atoms with Gasteiger partial charge in [-0.3, -0.25) is 0 Å². The highest BCUT2D eigenvalue weighted by atomic mass is 19.1. The highest BCUT2D eigenvalue weighted by Gasteiger charge is 2.12. The van der Waals surface area contributed by atoms with E-state index in [2.05, 4.69) is 30.6 Å². The molecule has 9 nitrogen and oxygen atoms in total. The first kappa shape index (κ1) is 18.9. The Hall–Kier alpha value is -4.41. The van der Waals surface area contributed by atoms with Crippen LogP contribution >= 0.6 is 0 Å². The van der Waals surface area contributed by atoms with Crippen molar-refractivity contribution in [2.45, 2.75) is 0 Å². The Balaban J connectivity index is 1.48. The molecule has 0 saturated heterocycles. The van der Waals surface area contributed by atoms with Gasteiger partial charge in [-0.15, -0.1) is 0 Å². The zero-order chi connectivity index (χ0) is 21.3. The van der Waals surface area contributed by atoms with E-state index in [1.165, 1.54) is 30.6 Å². The lowest BCUT2D eigenvalue weighted by atomic mass is 10.1. The van der Waals surface area contributed by atoms with Crippen molar-refractivity contribution < 1.29 is 13.6 Å². The summed E-state index contributed by atoms with van der Waals surface area (Å²) in [5.74, 6) is -0.797. The molecule has 0 bridgehead atoms. The summed E-state index contributed by atoms with van der Waals surface area (Å²) < 4.78 is 28.3. The van der Waals surface area contributed by atoms with Crippen molar-refractivity contribution >= 4 is 29.3 Å². The lowest BCUT2D eigenvalue weighted by Gasteiger charge is -2.10. The molecule has 4 rings (SSSR count). The van der Waals surface area contributed by atoms with Gasteiger partial charge < -0.3 is 32.1 Å². The molecule has 8 N–H and O–H groups in total. The minimum atomic E-state index is -0.673. The predicted molar refractivity (Wildman–Crippen MR) is 109 cm³/mol. The Labute approximate surface area is 168 Å². The number of nitrogens with one attached hydrogen (secondary N) is 4. The first-order chi connectivity index (χ1) is 14.4. The summed E-state index contributed by atoms with van der Waals surface area (Å²) in [6.45, 7) is 0. The van der Waals surface area contributed by atoms with Crippen molar-refractivity contribution in [2.75, 3.05) is 22.1 Å². The second kappa shape index (κ2) is 7.54. The van der Waals surface area contributed by atoms with Crippen LogP contribution in [0.3, 0.4) is 0 Å². The van der Waals surface area contributed by atoms with Gasteiger partial charge in [0.15, 0.2) is 11.9 Å². The van der Waals surface area contributed by atoms with Gasteiger partial charge in [0.2, 0.25) is 0 Å². The summed E-state index contributed by atoms with van der Waals surface area (Å²) >= 11 is 0. The van der Waals surface area contributed by atoms with Crippen LogP contribution in [-0.4, -0.2) is 26.0 Å². The van der Waals surface area contributed by atoms with E-state index in [0.717, 1.165) is 12.1 Å². The molecule has 0 fully saturated rings. The number of benzene rings is 2. The Morgan fingerprint density at radius 2 is 1.53 bits per heavy atom. The minimum absolute atomic E-state index is 0.165. The molecule has 2 amide bonds. The number of nitrogen functional groups attached to an aromatic ring is 2. The zero-order valence-electron chi connectivity index (χ0n) is 15.3. The molecule has 2 aromatic carbocycles. The number of urea groups is 1. The van der Waals surface area contributed by atoms with Gasteiger partial charge in [0.25, 0.3) is 0 Å². The number of H-pyrrole nitrogens is 2. The number of nitrogens with two attached hydrogens (primary N) is 2. The van der Waals surface area contributed by atoms with E-state index in [-0.39, 0.29) is 28.8 Å². The number of hydrogen-bond acceptors (Lipinski definition) is 5.